The second-order valence-electron chi connectivity index (χ2n) is 6.46. The molecule has 1 N–H and O–H groups in total. The average Bonchev–Trinajstić information content (AvgIpc) is 3.03. The molecule has 0 aromatic heterocycles. The first-order chi connectivity index (χ1) is 12.4. The Kier molecular flexibility index (Phi) is 6.05. The summed E-state index contributed by atoms with van der Waals surface area (Å²) >= 11 is 24.6. The number of carbonyl (C=O) groups excluding carboxylic acids is 1. The van der Waals surface area contributed by atoms with Crippen LogP contribution in [0.1, 0.15) is 28.8 Å². The molecule has 1 aliphatic heterocycles. The van der Waals surface area contributed by atoms with Gasteiger partial charge in [0.2, 0.25) is 0 Å². The normalized spacial score (nSPS) is 19.8. The van der Waals surface area contributed by atoms with Gasteiger partial charge in [0.25, 0.3) is 5.91 Å². The fourth-order valence-electron chi connectivity index (χ4n) is 3.53. The van der Waals surface area contributed by atoms with Gasteiger partial charge < -0.3 is 10.0 Å². The second-order valence-corrected chi connectivity index (χ2v) is 8.08. The summed E-state index contributed by atoms with van der Waals surface area (Å²) in [4.78, 5) is 14.7. The zero-order valence-corrected chi connectivity index (χ0v) is 16.8. The molecule has 3 nitrogen and oxygen atoms in total. The summed E-state index contributed by atoms with van der Waals surface area (Å²) in [6.45, 7) is 1.00. The highest BCUT2D eigenvalue weighted by Gasteiger charge is 2.41. The lowest BCUT2D eigenvalue weighted by molar-refractivity contribution is 0.0780. The Morgan fingerprint density at radius 2 is 1.73 bits per heavy atom. The molecule has 1 amide bonds. The molecule has 0 unspecified atom stereocenters. The van der Waals surface area contributed by atoms with Crippen LogP contribution in [-0.2, 0) is 5.41 Å². The molecule has 0 bridgehead atoms. The van der Waals surface area contributed by atoms with Gasteiger partial charge in [-0.25, -0.2) is 0 Å². The molecule has 1 heterocycles. The van der Waals surface area contributed by atoms with E-state index >= 15 is 0 Å². The smallest absolute Gasteiger partial charge is 0.256 e. The fraction of sp³-hybridized carbons (Fsp3) is 0.316. The highest BCUT2D eigenvalue weighted by molar-refractivity contribution is 6.42. The summed E-state index contributed by atoms with van der Waals surface area (Å²) in [5, 5.41) is 11.2. The second kappa shape index (κ2) is 7.95. The van der Waals surface area contributed by atoms with Crippen molar-refractivity contribution in [1.82, 2.24) is 4.90 Å². The lowest BCUT2D eigenvalue weighted by Gasteiger charge is -2.30. The zero-order chi connectivity index (χ0) is 18.9. The molecule has 0 saturated carbocycles. The molecule has 26 heavy (non-hydrogen) atoms. The van der Waals surface area contributed by atoms with Gasteiger partial charge in [0.05, 0.1) is 25.7 Å². The van der Waals surface area contributed by atoms with E-state index in [0.717, 1.165) is 5.56 Å². The van der Waals surface area contributed by atoms with Gasteiger partial charge >= 0.3 is 0 Å². The highest BCUT2D eigenvalue weighted by Crippen LogP contribution is 2.41. The number of aliphatic hydroxyl groups excluding tert-OH is 1. The van der Waals surface area contributed by atoms with Crippen LogP contribution in [0.2, 0.25) is 20.1 Å². The third-order valence-electron chi connectivity index (χ3n) is 4.94. The van der Waals surface area contributed by atoms with Crippen molar-refractivity contribution in [2.75, 3.05) is 19.7 Å². The van der Waals surface area contributed by atoms with Crippen LogP contribution >= 0.6 is 46.4 Å². The molecule has 1 atom stereocenters. The molecular weight excluding hydrogens is 416 g/mol. The topological polar surface area (TPSA) is 40.5 Å². The van der Waals surface area contributed by atoms with Crippen LogP contribution in [0.4, 0.5) is 0 Å². The summed E-state index contributed by atoms with van der Waals surface area (Å²) in [6.07, 6.45) is 1.23. The Morgan fingerprint density at radius 3 is 2.35 bits per heavy atom. The molecule has 2 aromatic rings. The van der Waals surface area contributed by atoms with E-state index < -0.39 is 0 Å². The van der Waals surface area contributed by atoms with E-state index in [2.05, 4.69) is 0 Å². The van der Waals surface area contributed by atoms with Crippen LogP contribution in [0.15, 0.2) is 36.4 Å². The van der Waals surface area contributed by atoms with Crippen LogP contribution in [0, 0.1) is 0 Å². The number of aliphatic hydroxyl groups is 1. The summed E-state index contributed by atoms with van der Waals surface area (Å²) < 4.78 is 0. The Bertz CT molecular complexity index is 822. The van der Waals surface area contributed by atoms with Crippen LogP contribution in [0.25, 0.3) is 0 Å². The standard InChI is InChI=1S/C19H17Cl4NO2/c20-13-5-4-12(10-16(13)23)19(7-9-25)6-8-24(11-19)18(26)17-14(21)2-1-3-15(17)22/h1-5,10,25H,6-9,11H2/t19-/m1/s1. The molecule has 0 aliphatic carbocycles. The number of benzene rings is 2. The lowest BCUT2D eigenvalue weighted by atomic mass is 9.77. The van der Waals surface area contributed by atoms with Crippen molar-refractivity contribution in [2.24, 2.45) is 0 Å². The van der Waals surface area contributed by atoms with E-state index in [4.69, 9.17) is 46.4 Å². The summed E-state index contributed by atoms with van der Waals surface area (Å²) in [6, 6.07) is 10.5. The van der Waals surface area contributed by atoms with E-state index in [0.29, 0.717) is 51.6 Å². The summed E-state index contributed by atoms with van der Waals surface area (Å²) in [5.41, 5.74) is 0.887. The van der Waals surface area contributed by atoms with E-state index in [1.807, 2.05) is 12.1 Å². The predicted octanol–water partition coefficient (Wildman–Crippen LogP) is 5.47. The van der Waals surface area contributed by atoms with E-state index in [1.54, 1.807) is 29.2 Å². The van der Waals surface area contributed by atoms with Crippen molar-refractivity contribution < 1.29 is 9.90 Å². The average molecular weight is 433 g/mol. The van der Waals surface area contributed by atoms with Gasteiger partial charge in [-0.2, -0.15) is 0 Å². The lowest BCUT2D eigenvalue weighted by Crippen LogP contribution is -2.35. The molecule has 3 rings (SSSR count). The largest absolute Gasteiger partial charge is 0.396 e. The molecule has 138 valence electrons. The molecule has 2 aromatic carbocycles. The first kappa shape index (κ1) is 19.8. The maximum absolute atomic E-state index is 13.0. The van der Waals surface area contributed by atoms with Gasteiger partial charge in [-0.3, -0.25) is 4.79 Å². The first-order valence-electron chi connectivity index (χ1n) is 8.18. The van der Waals surface area contributed by atoms with Crippen molar-refractivity contribution in [1.29, 1.82) is 0 Å². The van der Waals surface area contributed by atoms with Gasteiger partial charge in [-0.1, -0.05) is 58.5 Å². The number of carbonyl (C=O) groups is 1. The molecule has 7 heteroatoms. The van der Waals surface area contributed by atoms with Gasteiger partial charge in [0, 0.05) is 25.1 Å². The van der Waals surface area contributed by atoms with Crippen LogP contribution < -0.4 is 0 Å². The number of amides is 1. The molecule has 1 saturated heterocycles. The number of likely N-dealkylation sites (tertiary alicyclic amines) is 1. The van der Waals surface area contributed by atoms with Crippen molar-refractivity contribution in [2.45, 2.75) is 18.3 Å². The zero-order valence-electron chi connectivity index (χ0n) is 13.8. The third-order valence-corrected chi connectivity index (χ3v) is 6.31. The Labute approximate surface area is 172 Å². The quantitative estimate of drug-likeness (QED) is 0.695. The number of nitrogens with zero attached hydrogens (tertiary/aromatic N) is 1. The molecule has 0 radical (unpaired) electrons. The minimum absolute atomic E-state index is 0.00905. The molecule has 1 aliphatic rings. The number of rotatable bonds is 4. The predicted molar refractivity (Wildman–Crippen MR) is 107 cm³/mol. The van der Waals surface area contributed by atoms with Crippen LogP contribution in [0.3, 0.4) is 0 Å². The summed E-state index contributed by atoms with van der Waals surface area (Å²) in [7, 11) is 0. The number of hydrogen-bond acceptors (Lipinski definition) is 2. The van der Waals surface area contributed by atoms with E-state index in [-0.39, 0.29) is 17.9 Å². The van der Waals surface area contributed by atoms with Gasteiger partial charge in [0.15, 0.2) is 0 Å². The van der Waals surface area contributed by atoms with Crippen LogP contribution in [-0.4, -0.2) is 35.6 Å². The van der Waals surface area contributed by atoms with Crippen molar-refractivity contribution >= 4 is 52.3 Å². The Morgan fingerprint density at radius 1 is 1.04 bits per heavy atom. The van der Waals surface area contributed by atoms with Crippen molar-refractivity contribution in [3.05, 3.63) is 67.6 Å². The number of hydrogen-bond donors (Lipinski definition) is 1. The minimum Gasteiger partial charge on any atom is -0.396 e. The first-order valence-corrected chi connectivity index (χ1v) is 9.69. The molecular formula is C19H17Cl4NO2. The third kappa shape index (κ3) is 3.69. The van der Waals surface area contributed by atoms with E-state index in [9.17, 15) is 9.90 Å². The highest BCUT2D eigenvalue weighted by atomic mass is 35.5. The van der Waals surface area contributed by atoms with E-state index in [1.165, 1.54) is 0 Å². The SMILES string of the molecule is O=C(c1c(Cl)cccc1Cl)N1CC[C@](CCO)(c2ccc(Cl)c(Cl)c2)C1. The van der Waals surface area contributed by atoms with Crippen LogP contribution in [0.5, 0.6) is 0 Å². The van der Waals surface area contributed by atoms with Gasteiger partial charge in [0.1, 0.15) is 0 Å². The van der Waals surface area contributed by atoms with Gasteiger partial charge in [-0.05, 0) is 42.7 Å². The maximum atomic E-state index is 13.0. The monoisotopic (exact) mass is 431 g/mol. The maximum Gasteiger partial charge on any atom is 0.256 e. The molecule has 0 spiro atoms. The summed E-state index contributed by atoms with van der Waals surface area (Å²) in [5.74, 6) is -0.208. The van der Waals surface area contributed by atoms with Crippen molar-refractivity contribution in [3.8, 4) is 0 Å². The fourth-order valence-corrected chi connectivity index (χ4v) is 4.39. The molecule has 1 fully saturated rings. The Balaban J connectivity index is 1.92. The van der Waals surface area contributed by atoms with Crippen molar-refractivity contribution in [3.63, 3.8) is 0 Å². The minimum atomic E-state index is -0.383. The van der Waals surface area contributed by atoms with Gasteiger partial charge in [-0.15, -0.1) is 0 Å². The Hall–Kier alpha value is -0.970. The number of halogens is 4.